The van der Waals surface area contributed by atoms with Crippen LogP contribution in [0.1, 0.15) is 59.3 Å². The molecule has 34 heavy (non-hydrogen) atoms. The van der Waals surface area contributed by atoms with Gasteiger partial charge in [0, 0.05) is 17.8 Å². The lowest BCUT2D eigenvalue weighted by atomic mass is 9.95. The fourth-order valence-electron chi connectivity index (χ4n) is 4.03. The van der Waals surface area contributed by atoms with E-state index in [9.17, 15) is 0 Å². The first-order valence-corrected chi connectivity index (χ1v) is 14.4. The zero-order valence-corrected chi connectivity index (χ0v) is 23.4. The van der Waals surface area contributed by atoms with E-state index in [2.05, 4.69) is 39.0 Å². The summed E-state index contributed by atoms with van der Waals surface area (Å²) in [7, 11) is -1.86. The summed E-state index contributed by atoms with van der Waals surface area (Å²) in [4.78, 5) is 2.32. The molecule has 0 spiro atoms. The van der Waals surface area contributed by atoms with Crippen molar-refractivity contribution in [3.05, 3.63) is 72.0 Å². The molecule has 0 bridgehead atoms. The molecule has 3 aliphatic carbocycles. The van der Waals surface area contributed by atoms with E-state index in [0.29, 0.717) is 17.3 Å². The summed E-state index contributed by atoms with van der Waals surface area (Å²) < 4.78 is 18.9. The molecule has 7 heteroatoms. The van der Waals surface area contributed by atoms with Gasteiger partial charge in [0.1, 0.15) is 17.3 Å². The molecule has 0 saturated carbocycles. The molecule has 0 fully saturated rings. The Kier molecular flexibility index (Phi) is 10.8. The van der Waals surface area contributed by atoms with Crippen LogP contribution >= 0.6 is 45.3 Å². The average Bonchev–Trinajstić information content (AvgIpc) is 2.82. The zero-order chi connectivity index (χ0) is 24.5. The third kappa shape index (κ3) is 7.04. The number of rotatable bonds is 12. The molecule has 3 aliphatic rings. The van der Waals surface area contributed by atoms with E-state index in [1.807, 2.05) is 36.5 Å². The van der Waals surface area contributed by atoms with Crippen LogP contribution in [0.15, 0.2) is 72.0 Å². The lowest BCUT2D eigenvalue weighted by Gasteiger charge is -2.28. The molecule has 3 nitrogen and oxygen atoms in total. The molecule has 0 heterocycles. The van der Waals surface area contributed by atoms with E-state index in [4.69, 9.17) is 50.2 Å². The maximum atomic E-state index is 6.31. The van der Waals surface area contributed by atoms with Crippen LogP contribution in [0.5, 0.6) is 0 Å². The van der Waals surface area contributed by atoms with Crippen molar-refractivity contribution in [1.82, 2.24) is 0 Å². The third-order valence-corrected chi connectivity index (χ3v) is 8.38. The van der Waals surface area contributed by atoms with E-state index in [1.54, 1.807) is 0 Å². The fraction of sp³-hybridized carbons (Fsp3) is 0.444. The number of hydrogen-bond donors (Lipinski definition) is 0. The van der Waals surface area contributed by atoms with E-state index in [1.165, 1.54) is 0 Å². The Bertz CT molecular complexity index is 850. The summed E-state index contributed by atoms with van der Waals surface area (Å²) in [5.74, 6) is 2.38. The van der Waals surface area contributed by atoms with E-state index < -0.39 is 8.60 Å². The van der Waals surface area contributed by atoms with Crippen LogP contribution in [0.4, 0.5) is 0 Å². The van der Waals surface area contributed by atoms with Crippen LogP contribution in [-0.4, -0.2) is 14.6 Å². The summed E-state index contributed by atoms with van der Waals surface area (Å²) >= 11 is 17.2. The summed E-state index contributed by atoms with van der Waals surface area (Å²) in [5.41, 5.74) is 0. The molecule has 0 radical (unpaired) electrons. The van der Waals surface area contributed by atoms with Gasteiger partial charge in [0.15, 0.2) is 0 Å². The molecule has 3 unspecified atom stereocenters. The minimum atomic E-state index is -1.86. The summed E-state index contributed by atoms with van der Waals surface area (Å²) in [6, 6.07) is 0. The largest absolute Gasteiger partial charge is 0.530 e. The van der Waals surface area contributed by atoms with Gasteiger partial charge in [0.25, 0.3) is 0 Å². The molecular weight excluding hydrogens is 499 g/mol. The smallest absolute Gasteiger partial charge is 0.407 e. The van der Waals surface area contributed by atoms with Crippen molar-refractivity contribution in [3.8, 4) is 0 Å². The number of allylic oxidation sites excluding steroid dienone is 12. The van der Waals surface area contributed by atoms with E-state index >= 15 is 0 Å². The van der Waals surface area contributed by atoms with Gasteiger partial charge in [0.2, 0.25) is 0 Å². The molecule has 0 amide bonds. The second-order valence-corrected chi connectivity index (χ2v) is 10.8. The second-order valence-electron chi connectivity index (χ2n) is 8.52. The van der Waals surface area contributed by atoms with Crippen LogP contribution in [0.2, 0.25) is 0 Å². The van der Waals surface area contributed by atoms with Crippen molar-refractivity contribution in [2.24, 2.45) is 17.8 Å². The Morgan fingerprint density at radius 1 is 0.588 bits per heavy atom. The van der Waals surface area contributed by atoms with Gasteiger partial charge >= 0.3 is 8.60 Å². The molecular formula is C27H33O3PS3. The number of thiocarbonyl (C=S) groups is 3. The topological polar surface area (TPSA) is 27.7 Å². The minimum Gasteiger partial charge on any atom is -0.407 e. The normalized spacial score (nSPS) is 25.0. The molecule has 0 N–H and O–H groups in total. The highest BCUT2D eigenvalue weighted by Crippen LogP contribution is 2.49. The van der Waals surface area contributed by atoms with Gasteiger partial charge in [-0.15, -0.1) is 0 Å². The van der Waals surface area contributed by atoms with Gasteiger partial charge in [-0.2, -0.15) is 0 Å². The second kappa shape index (κ2) is 13.6. The van der Waals surface area contributed by atoms with Crippen LogP contribution in [-0.2, 0) is 13.6 Å². The highest BCUT2D eigenvalue weighted by molar-refractivity contribution is 7.81. The first kappa shape index (κ1) is 27.1. The van der Waals surface area contributed by atoms with Gasteiger partial charge in [-0.05, 0) is 37.5 Å². The zero-order valence-electron chi connectivity index (χ0n) is 20.1. The molecule has 0 aromatic heterocycles. The van der Waals surface area contributed by atoms with E-state index in [-0.39, 0.29) is 17.8 Å². The molecule has 0 aliphatic heterocycles. The maximum absolute atomic E-state index is 6.31. The standard InChI is InChI=1S/C27H33O3PS3/c1-4-10-19-13-7-16-22(25(19)32)28-31(29-23-17-8-14-20(11-5-2)26(23)33)30-24-18-9-15-21(12-6-3)27(24)34/h7-9,13-21H,4-6,10-12H2,1-3H3. The average molecular weight is 533 g/mol. The third-order valence-electron chi connectivity index (χ3n) is 5.83. The Morgan fingerprint density at radius 2 is 0.882 bits per heavy atom. The quantitative estimate of drug-likeness (QED) is 0.184. The summed E-state index contributed by atoms with van der Waals surface area (Å²) in [6.07, 6.45) is 24.1. The van der Waals surface area contributed by atoms with Crippen molar-refractivity contribution in [2.45, 2.75) is 59.3 Å². The van der Waals surface area contributed by atoms with Crippen molar-refractivity contribution < 1.29 is 13.6 Å². The van der Waals surface area contributed by atoms with Gasteiger partial charge in [-0.25, -0.2) is 0 Å². The molecule has 182 valence electrons. The highest BCUT2D eigenvalue weighted by Gasteiger charge is 2.32. The highest BCUT2D eigenvalue weighted by atomic mass is 32.1. The summed E-state index contributed by atoms with van der Waals surface area (Å²) in [6.45, 7) is 6.46. The first-order chi connectivity index (χ1) is 16.5. The van der Waals surface area contributed by atoms with Crippen molar-refractivity contribution in [3.63, 3.8) is 0 Å². The molecule has 3 atom stereocenters. The number of hydrogen-bond acceptors (Lipinski definition) is 6. The first-order valence-electron chi connectivity index (χ1n) is 12.1. The van der Waals surface area contributed by atoms with E-state index in [0.717, 1.165) is 53.1 Å². The Morgan fingerprint density at radius 3 is 1.15 bits per heavy atom. The molecule has 0 saturated heterocycles. The van der Waals surface area contributed by atoms with Gasteiger partial charge < -0.3 is 13.6 Å². The fourth-order valence-corrected chi connectivity index (χ4v) is 6.20. The Labute approximate surface area is 221 Å². The minimum absolute atomic E-state index is 0.176. The predicted molar refractivity (Wildman–Crippen MR) is 155 cm³/mol. The Balaban J connectivity index is 1.81. The van der Waals surface area contributed by atoms with Crippen LogP contribution in [0, 0.1) is 17.8 Å². The van der Waals surface area contributed by atoms with Gasteiger partial charge in [-0.3, -0.25) is 0 Å². The van der Waals surface area contributed by atoms with Crippen LogP contribution in [0.3, 0.4) is 0 Å². The van der Waals surface area contributed by atoms with Crippen molar-refractivity contribution in [1.29, 1.82) is 0 Å². The van der Waals surface area contributed by atoms with Crippen LogP contribution < -0.4 is 0 Å². The summed E-state index contributed by atoms with van der Waals surface area (Å²) in [5, 5.41) is 0. The van der Waals surface area contributed by atoms with Crippen LogP contribution in [0.25, 0.3) is 0 Å². The molecule has 0 aromatic rings. The predicted octanol–water partition coefficient (Wildman–Crippen LogP) is 8.98. The van der Waals surface area contributed by atoms with Gasteiger partial charge in [0.05, 0.1) is 14.6 Å². The lowest BCUT2D eigenvalue weighted by molar-refractivity contribution is 0.277. The molecule has 3 rings (SSSR count). The monoisotopic (exact) mass is 532 g/mol. The Hall–Kier alpha value is -1.46. The SMILES string of the molecule is CCCC1C=CC=C(OP(OC2=CC=CC(CCC)C2=S)OC2=CC=CC(CCC)C2=S)C1=S. The van der Waals surface area contributed by atoms with Gasteiger partial charge in [-0.1, -0.05) is 113 Å². The molecule has 0 aromatic carbocycles. The maximum Gasteiger partial charge on any atom is 0.530 e. The lowest BCUT2D eigenvalue weighted by Crippen LogP contribution is -2.20. The van der Waals surface area contributed by atoms with Crippen molar-refractivity contribution >= 4 is 59.8 Å². The van der Waals surface area contributed by atoms with Crippen molar-refractivity contribution in [2.75, 3.05) is 0 Å².